The van der Waals surface area contributed by atoms with Crippen LogP contribution < -0.4 is 0 Å². The molecule has 10 aromatic rings. The predicted octanol–water partition coefficient (Wildman–Crippen LogP) is 12.6. The number of hydrogen-bond acceptors (Lipinski definition) is 2. The van der Waals surface area contributed by atoms with Gasteiger partial charge >= 0.3 is 0 Å². The zero-order valence-corrected chi connectivity index (χ0v) is 28.2. The molecule has 0 atom stereocenters. The number of imidazole rings is 1. The standard InChI is InChI=1S/C48H33N3/c1-2-46-49-44-23-9-10-24-45(44)51(46)37-18-12-16-34(29-37)33-15-11-17-35(27-33)41-30-42-47(39-20-6-5-19-38(39)41)40-21-7-8-22-43(40)50-48(42)36-26-25-31-13-3-4-14-32(31)28-36/h3-30H,2H2,1H3. The average molecular weight is 652 g/mol. The van der Waals surface area contributed by atoms with Crippen LogP contribution in [0.2, 0.25) is 0 Å². The number of aromatic nitrogens is 3. The average Bonchev–Trinajstić information content (AvgIpc) is 3.59. The summed E-state index contributed by atoms with van der Waals surface area (Å²) in [6.45, 7) is 2.17. The molecule has 51 heavy (non-hydrogen) atoms. The molecule has 0 bridgehead atoms. The van der Waals surface area contributed by atoms with E-state index >= 15 is 0 Å². The lowest BCUT2D eigenvalue weighted by molar-refractivity contribution is 0.908. The molecular formula is C48H33N3. The van der Waals surface area contributed by atoms with Crippen LogP contribution in [0.1, 0.15) is 12.7 Å². The smallest absolute Gasteiger partial charge is 0.114 e. The molecule has 0 N–H and O–H groups in total. The van der Waals surface area contributed by atoms with Crippen molar-refractivity contribution in [2.45, 2.75) is 13.3 Å². The first-order valence-electron chi connectivity index (χ1n) is 17.6. The highest BCUT2D eigenvalue weighted by atomic mass is 15.1. The first-order chi connectivity index (χ1) is 25.2. The van der Waals surface area contributed by atoms with Crippen LogP contribution in [0.15, 0.2) is 170 Å². The summed E-state index contributed by atoms with van der Waals surface area (Å²) in [6, 6.07) is 61.2. The Bertz CT molecular complexity index is 2970. The Morgan fingerprint density at radius 2 is 1.14 bits per heavy atom. The Kier molecular flexibility index (Phi) is 6.78. The molecule has 0 aliphatic carbocycles. The summed E-state index contributed by atoms with van der Waals surface area (Å²) >= 11 is 0. The van der Waals surface area contributed by atoms with Crippen molar-refractivity contribution >= 4 is 54.3 Å². The number of aryl methyl sites for hydroxylation is 1. The number of para-hydroxylation sites is 3. The summed E-state index contributed by atoms with van der Waals surface area (Å²) in [5.74, 6) is 1.06. The molecule has 0 aliphatic rings. The van der Waals surface area contributed by atoms with Crippen LogP contribution in [-0.4, -0.2) is 14.5 Å². The van der Waals surface area contributed by atoms with Crippen molar-refractivity contribution < 1.29 is 0 Å². The van der Waals surface area contributed by atoms with Crippen LogP contribution in [0, 0.1) is 0 Å². The van der Waals surface area contributed by atoms with E-state index in [1.54, 1.807) is 0 Å². The van der Waals surface area contributed by atoms with Gasteiger partial charge in [0, 0.05) is 33.8 Å². The van der Waals surface area contributed by atoms with Gasteiger partial charge in [0.15, 0.2) is 0 Å². The van der Waals surface area contributed by atoms with E-state index in [-0.39, 0.29) is 0 Å². The van der Waals surface area contributed by atoms with Crippen LogP contribution in [0.4, 0.5) is 0 Å². The number of rotatable bonds is 5. The molecule has 0 fully saturated rings. The normalized spacial score (nSPS) is 11.7. The van der Waals surface area contributed by atoms with Gasteiger partial charge in [-0.25, -0.2) is 9.97 Å². The van der Waals surface area contributed by atoms with Crippen molar-refractivity contribution in [3.8, 4) is 39.2 Å². The van der Waals surface area contributed by atoms with Gasteiger partial charge in [-0.1, -0.05) is 128 Å². The molecule has 3 nitrogen and oxygen atoms in total. The second-order valence-electron chi connectivity index (χ2n) is 13.3. The van der Waals surface area contributed by atoms with Gasteiger partial charge in [-0.05, 0) is 92.3 Å². The molecular weight excluding hydrogens is 619 g/mol. The number of benzene rings is 8. The molecule has 8 aromatic carbocycles. The first-order valence-corrected chi connectivity index (χ1v) is 17.6. The monoisotopic (exact) mass is 651 g/mol. The number of nitrogens with zero attached hydrogens (tertiary/aromatic N) is 3. The largest absolute Gasteiger partial charge is 0.296 e. The minimum atomic E-state index is 0.856. The SMILES string of the molecule is CCc1nc2ccccc2n1-c1cccc(-c2cccc(-c3cc4c(-c5ccc6ccccc6c5)nc5ccccc5c4c4ccccc34)c2)c1. The molecule has 0 radical (unpaired) electrons. The van der Waals surface area contributed by atoms with Gasteiger partial charge in [-0.3, -0.25) is 4.57 Å². The Morgan fingerprint density at radius 3 is 2.00 bits per heavy atom. The third-order valence-corrected chi connectivity index (χ3v) is 10.3. The maximum Gasteiger partial charge on any atom is 0.114 e. The first kappa shape index (κ1) is 29.3. The highest BCUT2D eigenvalue weighted by molar-refractivity contribution is 6.25. The van der Waals surface area contributed by atoms with Gasteiger partial charge in [-0.2, -0.15) is 0 Å². The van der Waals surface area contributed by atoms with Crippen molar-refractivity contribution in [2.24, 2.45) is 0 Å². The second kappa shape index (κ2) is 11.8. The maximum absolute atomic E-state index is 5.35. The summed E-state index contributed by atoms with van der Waals surface area (Å²) in [5.41, 5.74) is 11.1. The Labute approximate surface area is 296 Å². The van der Waals surface area contributed by atoms with Gasteiger partial charge in [0.25, 0.3) is 0 Å². The van der Waals surface area contributed by atoms with Crippen molar-refractivity contribution in [3.63, 3.8) is 0 Å². The third-order valence-electron chi connectivity index (χ3n) is 10.3. The van der Waals surface area contributed by atoms with Crippen LogP contribution in [0.5, 0.6) is 0 Å². The topological polar surface area (TPSA) is 30.7 Å². The Balaban J connectivity index is 1.19. The molecule has 0 unspecified atom stereocenters. The van der Waals surface area contributed by atoms with E-state index in [1.165, 1.54) is 54.6 Å². The zero-order chi connectivity index (χ0) is 33.9. The summed E-state index contributed by atoms with van der Waals surface area (Å²) in [6.07, 6.45) is 0.856. The number of fused-ring (bicyclic) bond motifs is 7. The van der Waals surface area contributed by atoms with Gasteiger partial charge in [0.2, 0.25) is 0 Å². The predicted molar refractivity (Wildman–Crippen MR) is 215 cm³/mol. The number of pyridine rings is 1. The molecule has 0 amide bonds. The molecule has 10 rings (SSSR count). The van der Waals surface area contributed by atoms with E-state index in [1.807, 2.05) is 0 Å². The molecule has 2 heterocycles. The van der Waals surface area contributed by atoms with Crippen molar-refractivity contribution in [1.29, 1.82) is 0 Å². The van der Waals surface area contributed by atoms with Crippen LogP contribution in [-0.2, 0) is 6.42 Å². The Morgan fingerprint density at radius 1 is 0.451 bits per heavy atom. The molecule has 0 spiro atoms. The quantitative estimate of drug-likeness (QED) is 0.173. The second-order valence-corrected chi connectivity index (χ2v) is 13.3. The molecule has 240 valence electrons. The van der Waals surface area contributed by atoms with Gasteiger partial charge in [0.05, 0.1) is 22.2 Å². The molecule has 2 aromatic heterocycles. The fourth-order valence-electron chi connectivity index (χ4n) is 7.90. The minimum absolute atomic E-state index is 0.856. The lowest BCUT2D eigenvalue weighted by Crippen LogP contribution is -2.00. The lowest BCUT2D eigenvalue weighted by Gasteiger charge is -2.17. The van der Waals surface area contributed by atoms with Gasteiger partial charge < -0.3 is 0 Å². The van der Waals surface area contributed by atoms with Crippen molar-refractivity contribution in [1.82, 2.24) is 14.5 Å². The highest BCUT2D eigenvalue weighted by Crippen LogP contribution is 2.42. The van der Waals surface area contributed by atoms with E-state index in [0.717, 1.165) is 51.1 Å². The third kappa shape index (κ3) is 4.81. The van der Waals surface area contributed by atoms with Crippen LogP contribution in [0.25, 0.3) is 93.5 Å². The molecule has 3 heteroatoms. The lowest BCUT2D eigenvalue weighted by atomic mass is 9.89. The number of hydrogen-bond donors (Lipinski definition) is 0. The fraction of sp³-hybridized carbons (Fsp3) is 0.0417. The zero-order valence-electron chi connectivity index (χ0n) is 28.2. The van der Waals surface area contributed by atoms with E-state index in [2.05, 4.69) is 181 Å². The summed E-state index contributed by atoms with van der Waals surface area (Å²) in [4.78, 5) is 10.3. The van der Waals surface area contributed by atoms with Crippen molar-refractivity contribution in [3.05, 3.63) is 176 Å². The molecule has 0 saturated carbocycles. The van der Waals surface area contributed by atoms with E-state index < -0.39 is 0 Å². The minimum Gasteiger partial charge on any atom is -0.296 e. The molecule has 0 saturated heterocycles. The Hall–Kier alpha value is -6.58. The maximum atomic E-state index is 5.35. The summed E-state index contributed by atoms with van der Waals surface area (Å²) < 4.78 is 2.30. The van der Waals surface area contributed by atoms with Gasteiger partial charge in [0.1, 0.15) is 5.82 Å². The summed E-state index contributed by atoms with van der Waals surface area (Å²) in [7, 11) is 0. The van der Waals surface area contributed by atoms with E-state index in [4.69, 9.17) is 9.97 Å². The van der Waals surface area contributed by atoms with Crippen molar-refractivity contribution in [2.75, 3.05) is 0 Å². The van der Waals surface area contributed by atoms with Gasteiger partial charge in [-0.15, -0.1) is 0 Å². The molecule has 0 aliphatic heterocycles. The summed E-state index contributed by atoms with van der Waals surface area (Å²) in [5, 5.41) is 8.47. The van der Waals surface area contributed by atoms with E-state index in [0.29, 0.717) is 0 Å². The van der Waals surface area contributed by atoms with Crippen LogP contribution >= 0.6 is 0 Å². The van der Waals surface area contributed by atoms with Crippen LogP contribution in [0.3, 0.4) is 0 Å². The van der Waals surface area contributed by atoms with E-state index in [9.17, 15) is 0 Å². The fourth-order valence-corrected chi connectivity index (χ4v) is 7.90. The highest BCUT2D eigenvalue weighted by Gasteiger charge is 2.18.